The highest BCUT2D eigenvalue weighted by molar-refractivity contribution is 5.79. The Labute approximate surface area is 128 Å². The van der Waals surface area contributed by atoms with Gasteiger partial charge in [0.15, 0.2) is 0 Å². The quantitative estimate of drug-likeness (QED) is 0.729. The van der Waals surface area contributed by atoms with E-state index in [1.54, 1.807) is 6.07 Å². The van der Waals surface area contributed by atoms with Crippen molar-refractivity contribution in [2.45, 2.75) is 19.8 Å². The fourth-order valence-corrected chi connectivity index (χ4v) is 2.27. The molecular formula is C18H18N2O2. The second-order valence-corrected chi connectivity index (χ2v) is 5.16. The molecule has 0 saturated heterocycles. The van der Waals surface area contributed by atoms with Gasteiger partial charge >= 0.3 is 0 Å². The number of para-hydroxylation sites is 1. The first kappa shape index (κ1) is 14.3. The monoisotopic (exact) mass is 294 g/mol. The van der Waals surface area contributed by atoms with Crippen LogP contribution in [0.15, 0.2) is 53.3 Å². The zero-order valence-electron chi connectivity index (χ0n) is 12.5. The Hall–Kier alpha value is -2.62. The molecule has 3 aromatic rings. The lowest BCUT2D eigenvalue weighted by atomic mass is 10.2. The van der Waals surface area contributed by atoms with Gasteiger partial charge in [0.05, 0.1) is 17.5 Å². The van der Waals surface area contributed by atoms with E-state index in [4.69, 9.17) is 4.74 Å². The van der Waals surface area contributed by atoms with Crippen LogP contribution in [0.5, 0.6) is 5.75 Å². The highest BCUT2D eigenvalue weighted by Gasteiger charge is 2.05. The summed E-state index contributed by atoms with van der Waals surface area (Å²) in [6.07, 6.45) is 2.15. The van der Waals surface area contributed by atoms with E-state index in [2.05, 4.69) is 16.9 Å². The van der Waals surface area contributed by atoms with Gasteiger partial charge in [-0.2, -0.15) is 0 Å². The summed E-state index contributed by atoms with van der Waals surface area (Å²) in [5.41, 5.74) is 1.44. The Morgan fingerprint density at radius 3 is 2.64 bits per heavy atom. The van der Waals surface area contributed by atoms with Crippen LogP contribution >= 0.6 is 0 Å². The zero-order valence-corrected chi connectivity index (χ0v) is 12.5. The van der Waals surface area contributed by atoms with E-state index in [0.717, 1.165) is 30.8 Å². The predicted octanol–water partition coefficient (Wildman–Crippen LogP) is 3.77. The number of rotatable bonds is 5. The Morgan fingerprint density at radius 1 is 1.09 bits per heavy atom. The summed E-state index contributed by atoms with van der Waals surface area (Å²) in [7, 11) is 0. The van der Waals surface area contributed by atoms with Crippen molar-refractivity contribution in [2.75, 3.05) is 6.61 Å². The molecule has 0 atom stereocenters. The van der Waals surface area contributed by atoms with E-state index in [1.807, 2.05) is 42.5 Å². The Kier molecular flexibility index (Phi) is 4.19. The van der Waals surface area contributed by atoms with Crippen LogP contribution in [-0.4, -0.2) is 16.6 Å². The predicted molar refractivity (Wildman–Crippen MR) is 88.2 cm³/mol. The van der Waals surface area contributed by atoms with Crippen molar-refractivity contribution in [3.05, 3.63) is 58.9 Å². The lowest BCUT2D eigenvalue weighted by Gasteiger charge is -2.07. The van der Waals surface area contributed by atoms with Crippen molar-refractivity contribution in [2.24, 2.45) is 0 Å². The summed E-state index contributed by atoms with van der Waals surface area (Å²) in [6, 6.07) is 15.0. The van der Waals surface area contributed by atoms with Crippen molar-refractivity contribution in [3.63, 3.8) is 0 Å². The van der Waals surface area contributed by atoms with Crippen LogP contribution in [-0.2, 0) is 0 Å². The highest BCUT2D eigenvalue weighted by Crippen LogP contribution is 2.20. The Morgan fingerprint density at radius 2 is 1.86 bits per heavy atom. The molecule has 22 heavy (non-hydrogen) atoms. The molecule has 0 saturated carbocycles. The normalized spacial score (nSPS) is 10.8. The van der Waals surface area contributed by atoms with Gasteiger partial charge in [-0.15, -0.1) is 0 Å². The molecule has 112 valence electrons. The molecule has 0 aliphatic heterocycles. The van der Waals surface area contributed by atoms with Crippen molar-refractivity contribution in [1.29, 1.82) is 0 Å². The average molecular weight is 294 g/mol. The molecule has 0 amide bonds. The fraction of sp³-hybridized carbons (Fsp3) is 0.222. The summed E-state index contributed by atoms with van der Waals surface area (Å²) in [4.78, 5) is 19.4. The third kappa shape index (κ3) is 3.01. The fourth-order valence-electron chi connectivity index (χ4n) is 2.27. The molecule has 1 heterocycles. The van der Waals surface area contributed by atoms with E-state index < -0.39 is 0 Å². The van der Waals surface area contributed by atoms with Gasteiger partial charge in [0.25, 0.3) is 5.56 Å². The first-order valence-electron chi connectivity index (χ1n) is 7.50. The second-order valence-electron chi connectivity index (χ2n) is 5.16. The molecule has 0 unspecified atom stereocenters. The van der Waals surface area contributed by atoms with Crippen LogP contribution in [0.4, 0.5) is 0 Å². The number of fused-ring (bicyclic) bond motifs is 1. The molecule has 1 N–H and O–H groups in total. The van der Waals surface area contributed by atoms with Crippen molar-refractivity contribution < 1.29 is 4.74 Å². The lowest BCUT2D eigenvalue weighted by Crippen LogP contribution is -2.09. The second kappa shape index (κ2) is 6.43. The van der Waals surface area contributed by atoms with E-state index >= 15 is 0 Å². The molecule has 0 fully saturated rings. The third-order valence-electron chi connectivity index (χ3n) is 3.51. The molecule has 4 nitrogen and oxygen atoms in total. The largest absolute Gasteiger partial charge is 0.494 e. The molecule has 1 aromatic heterocycles. The molecular weight excluding hydrogens is 276 g/mol. The Balaban J connectivity index is 1.89. The lowest BCUT2D eigenvalue weighted by molar-refractivity contribution is 0.309. The van der Waals surface area contributed by atoms with Crippen LogP contribution in [0.2, 0.25) is 0 Å². The van der Waals surface area contributed by atoms with Crippen LogP contribution in [0.1, 0.15) is 19.8 Å². The number of ether oxygens (including phenoxy) is 1. The number of unbranched alkanes of at least 4 members (excludes halogenated alkanes) is 1. The zero-order chi connectivity index (χ0) is 15.4. The molecule has 0 aliphatic carbocycles. The number of H-pyrrole nitrogens is 1. The number of benzene rings is 2. The number of nitrogens with one attached hydrogen (secondary N) is 1. The summed E-state index contributed by atoms with van der Waals surface area (Å²) in [5, 5.41) is 0.603. The maximum absolute atomic E-state index is 12.1. The van der Waals surface area contributed by atoms with E-state index in [1.165, 1.54) is 0 Å². The van der Waals surface area contributed by atoms with Crippen LogP contribution in [0.25, 0.3) is 22.3 Å². The third-order valence-corrected chi connectivity index (χ3v) is 3.51. The number of hydrogen-bond donors (Lipinski definition) is 1. The first-order chi connectivity index (χ1) is 10.8. The summed E-state index contributed by atoms with van der Waals surface area (Å²) < 4.78 is 5.64. The van der Waals surface area contributed by atoms with Crippen LogP contribution < -0.4 is 10.3 Å². The van der Waals surface area contributed by atoms with Gasteiger partial charge in [-0.25, -0.2) is 4.98 Å². The number of hydrogen-bond acceptors (Lipinski definition) is 3. The summed E-state index contributed by atoms with van der Waals surface area (Å²) in [6.45, 7) is 2.86. The topological polar surface area (TPSA) is 55.0 Å². The van der Waals surface area contributed by atoms with Gasteiger partial charge in [-0.1, -0.05) is 25.5 Å². The summed E-state index contributed by atoms with van der Waals surface area (Å²) >= 11 is 0. The minimum Gasteiger partial charge on any atom is -0.494 e. The van der Waals surface area contributed by atoms with E-state index in [0.29, 0.717) is 16.7 Å². The number of aromatic nitrogens is 2. The standard InChI is InChI=1S/C18H18N2O2/c1-2-3-12-22-14-10-8-13(9-11-14)17-19-16-7-5-4-6-15(16)18(21)20-17/h4-11H,2-3,12H2,1H3,(H,19,20,21). The maximum Gasteiger partial charge on any atom is 0.259 e. The van der Waals surface area contributed by atoms with Gasteiger partial charge in [0.2, 0.25) is 0 Å². The van der Waals surface area contributed by atoms with E-state index in [9.17, 15) is 4.79 Å². The Bertz CT molecular complexity index is 822. The van der Waals surface area contributed by atoms with E-state index in [-0.39, 0.29) is 5.56 Å². The molecule has 0 radical (unpaired) electrons. The first-order valence-corrected chi connectivity index (χ1v) is 7.50. The average Bonchev–Trinajstić information content (AvgIpc) is 2.56. The molecule has 0 spiro atoms. The minimum atomic E-state index is -0.121. The van der Waals surface area contributed by atoms with Gasteiger partial charge in [-0.3, -0.25) is 4.79 Å². The van der Waals surface area contributed by atoms with Crippen LogP contribution in [0.3, 0.4) is 0 Å². The van der Waals surface area contributed by atoms with Crippen molar-refractivity contribution in [3.8, 4) is 17.1 Å². The van der Waals surface area contributed by atoms with Crippen molar-refractivity contribution >= 4 is 10.9 Å². The molecule has 0 aliphatic rings. The maximum atomic E-state index is 12.1. The van der Waals surface area contributed by atoms with Gasteiger partial charge in [-0.05, 0) is 42.8 Å². The number of nitrogens with zero attached hydrogens (tertiary/aromatic N) is 1. The van der Waals surface area contributed by atoms with Gasteiger partial charge in [0, 0.05) is 5.56 Å². The van der Waals surface area contributed by atoms with Gasteiger partial charge < -0.3 is 9.72 Å². The van der Waals surface area contributed by atoms with Gasteiger partial charge in [0.1, 0.15) is 11.6 Å². The highest BCUT2D eigenvalue weighted by atomic mass is 16.5. The molecule has 2 aromatic carbocycles. The summed E-state index contributed by atoms with van der Waals surface area (Å²) in [5.74, 6) is 1.41. The number of aromatic amines is 1. The minimum absolute atomic E-state index is 0.121. The van der Waals surface area contributed by atoms with Crippen LogP contribution in [0, 0.1) is 0 Å². The smallest absolute Gasteiger partial charge is 0.259 e. The SMILES string of the molecule is CCCCOc1ccc(-c2nc3ccccc3c(=O)[nH]2)cc1. The van der Waals surface area contributed by atoms with Crippen molar-refractivity contribution in [1.82, 2.24) is 9.97 Å². The molecule has 4 heteroatoms. The molecule has 3 rings (SSSR count). The molecule has 0 bridgehead atoms.